The van der Waals surface area contributed by atoms with Gasteiger partial charge in [0.1, 0.15) is 0 Å². The van der Waals surface area contributed by atoms with Gasteiger partial charge in [0, 0.05) is 37.7 Å². The Morgan fingerprint density at radius 3 is 2.52 bits per heavy atom. The third-order valence-corrected chi connectivity index (χ3v) is 5.86. The van der Waals surface area contributed by atoms with Gasteiger partial charge < -0.3 is 9.80 Å². The van der Waals surface area contributed by atoms with Crippen LogP contribution in [0.1, 0.15) is 65.6 Å². The number of likely N-dealkylation sites (tertiary alicyclic amines) is 2. The smallest absolute Gasteiger partial charge is 0.254 e. The Kier molecular flexibility index (Phi) is 5.45. The van der Waals surface area contributed by atoms with E-state index >= 15 is 0 Å². The molecule has 0 aromatic heterocycles. The first kappa shape index (κ1) is 18.0. The second kappa shape index (κ2) is 7.59. The van der Waals surface area contributed by atoms with Gasteiger partial charge in [-0.2, -0.15) is 0 Å². The molecule has 25 heavy (non-hydrogen) atoms. The van der Waals surface area contributed by atoms with E-state index in [4.69, 9.17) is 0 Å². The third kappa shape index (κ3) is 3.88. The molecule has 3 rings (SSSR count). The van der Waals surface area contributed by atoms with Gasteiger partial charge in [-0.05, 0) is 75.6 Å². The van der Waals surface area contributed by atoms with E-state index in [1.807, 2.05) is 17.9 Å². The lowest BCUT2D eigenvalue weighted by Crippen LogP contribution is -2.45. The molecule has 0 bridgehead atoms. The fourth-order valence-corrected chi connectivity index (χ4v) is 4.16. The molecule has 4 heteroatoms. The van der Waals surface area contributed by atoms with Gasteiger partial charge in [0.05, 0.1) is 0 Å². The molecule has 0 N–H and O–H groups in total. The number of nitrogens with zero attached hydrogens (tertiary/aromatic N) is 2. The van der Waals surface area contributed by atoms with Crippen LogP contribution in [0.4, 0.5) is 0 Å². The molecule has 0 aliphatic carbocycles. The Balaban J connectivity index is 1.72. The van der Waals surface area contributed by atoms with Crippen molar-refractivity contribution in [3.63, 3.8) is 0 Å². The van der Waals surface area contributed by atoms with Gasteiger partial charge in [0.25, 0.3) is 5.91 Å². The van der Waals surface area contributed by atoms with E-state index in [-0.39, 0.29) is 17.9 Å². The minimum absolute atomic E-state index is 0.165. The fraction of sp³-hybridized carbons (Fsp3) is 0.619. The molecule has 0 radical (unpaired) electrons. The average molecular weight is 342 g/mol. The van der Waals surface area contributed by atoms with Crippen molar-refractivity contribution in [2.45, 2.75) is 65.3 Å². The van der Waals surface area contributed by atoms with Crippen LogP contribution in [-0.4, -0.2) is 47.3 Å². The Bertz CT molecular complexity index is 668. The van der Waals surface area contributed by atoms with Crippen molar-refractivity contribution in [3.05, 3.63) is 34.4 Å². The molecule has 2 aliphatic heterocycles. The molecule has 136 valence electrons. The Morgan fingerprint density at radius 2 is 1.80 bits per heavy atom. The number of piperidine rings is 1. The minimum atomic E-state index is 0.165. The topological polar surface area (TPSA) is 40.6 Å². The number of rotatable bonds is 4. The van der Waals surface area contributed by atoms with E-state index < -0.39 is 0 Å². The summed E-state index contributed by atoms with van der Waals surface area (Å²) in [6, 6.07) is 4.42. The molecule has 0 saturated carbocycles. The predicted octanol–water partition coefficient (Wildman–Crippen LogP) is 3.62. The van der Waals surface area contributed by atoms with E-state index in [1.165, 1.54) is 17.5 Å². The first-order chi connectivity index (χ1) is 12.0. The molecule has 2 fully saturated rings. The number of carbonyl (C=O) groups is 2. The van der Waals surface area contributed by atoms with Crippen molar-refractivity contribution < 1.29 is 9.59 Å². The lowest BCUT2D eigenvalue weighted by atomic mass is 9.95. The number of carbonyl (C=O) groups excluding carboxylic acids is 2. The van der Waals surface area contributed by atoms with Crippen LogP contribution in [0.2, 0.25) is 0 Å². The van der Waals surface area contributed by atoms with Gasteiger partial charge in [0.15, 0.2) is 0 Å². The quantitative estimate of drug-likeness (QED) is 0.838. The van der Waals surface area contributed by atoms with Gasteiger partial charge in [-0.1, -0.05) is 6.07 Å². The van der Waals surface area contributed by atoms with Crippen molar-refractivity contribution >= 4 is 11.8 Å². The second-order valence-corrected chi connectivity index (χ2v) is 7.67. The summed E-state index contributed by atoms with van der Waals surface area (Å²) in [5.74, 6) is 0.441. The summed E-state index contributed by atoms with van der Waals surface area (Å²) in [4.78, 5) is 29.1. The number of benzene rings is 1. The summed E-state index contributed by atoms with van der Waals surface area (Å²) in [7, 11) is 0. The first-order valence-corrected chi connectivity index (χ1v) is 9.64. The zero-order valence-electron chi connectivity index (χ0n) is 15.8. The lowest BCUT2D eigenvalue weighted by molar-refractivity contribution is -0.127. The molecule has 1 atom stereocenters. The molecule has 1 aromatic carbocycles. The Morgan fingerprint density at radius 1 is 1.04 bits per heavy atom. The third-order valence-electron chi connectivity index (χ3n) is 5.86. The van der Waals surface area contributed by atoms with Crippen LogP contribution in [0.15, 0.2) is 12.1 Å². The molecule has 4 nitrogen and oxygen atoms in total. The van der Waals surface area contributed by atoms with Crippen LogP contribution >= 0.6 is 0 Å². The number of aryl methyl sites for hydroxylation is 3. The van der Waals surface area contributed by atoms with E-state index in [0.29, 0.717) is 6.42 Å². The first-order valence-electron chi connectivity index (χ1n) is 9.64. The zero-order chi connectivity index (χ0) is 18.0. The maximum atomic E-state index is 13.2. The maximum absolute atomic E-state index is 13.2. The largest absolute Gasteiger partial charge is 0.343 e. The second-order valence-electron chi connectivity index (χ2n) is 7.67. The van der Waals surface area contributed by atoms with E-state index in [1.54, 1.807) is 0 Å². The zero-order valence-corrected chi connectivity index (χ0v) is 15.8. The summed E-state index contributed by atoms with van der Waals surface area (Å²) in [6.07, 6.45) is 5.88. The van der Waals surface area contributed by atoms with E-state index in [9.17, 15) is 9.59 Å². The standard InChI is InChI=1S/C21H30N2O2/c1-15-13-17(3)19(14-16(15)2)21(25)23-11-5-4-7-18(23)9-12-22-10-6-8-20(22)24/h13-14,18H,4-12H2,1-3H3/t18-/m0/s1. The summed E-state index contributed by atoms with van der Waals surface area (Å²) in [5.41, 5.74) is 4.31. The van der Waals surface area contributed by atoms with E-state index in [2.05, 4.69) is 24.8 Å². The van der Waals surface area contributed by atoms with Crippen molar-refractivity contribution in [1.29, 1.82) is 0 Å². The summed E-state index contributed by atoms with van der Waals surface area (Å²) in [6.45, 7) is 8.70. The predicted molar refractivity (Wildman–Crippen MR) is 99.8 cm³/mol. The highest BCUT2D eigenvalue weighted by molar-refractivity contribution is 5.96. The van der Waals surface area contributed by atoms with Crippen LogP contribution in [0, 0.1) is 20.8 Å². The van der Waals surface area contributed by atoms with Crippen molar-refractivity contribution in [1.82, 2.24) is 9.80 Å². The van der Waals surface area contributed by atoms with Crippen molar-refractivity contribution in [3.8, 4) is 0 Å². The minimum Gasteiger partial charge on any atom is -0.343 e. The van der Waals surface area contributed by atoms with Gasteiger partial charge in [0.2, 0.25) is 5.91 Å². The molecule has 0 unspecified atom stereocenters. The lowest BCUT2D eigenvalue weighted by Gasteiger charge is -2.37. The fourth-order valence-electron chi connectivity index (χ4n) is 4.16. The Labute approximate surface area is 151 Å². The number of amides is 2. The van der Waals surface area contributed by atoms with Gasteiger partial charge in [-0.15, -0.1) is 0 Å². The van der Waals surface area contributed by atoms with Crippen molar-refractivity contribution in [2.24, 2.45) is 0 Å². The highest BCUT2D eigenvalue weighted by Crippen LogP contribution is 2.25. The summed E-state index contributed by atoms with van der Waals surface area (Å²) in [5, 5.41) is 0. The SMILES string of the molecule is Cc1cc(C)c(C(=O)N2CCCC[C@H]2CCN2CCCC2=O)cc1C. The molecule has 2 heterocycles. The van der Waals surface area contributed by atoms with Crippen LogP contribution in [0.3, 0.4) is 0 Å². The molecule has 0 spiro atoms. The summed E-state index contributed by atoms with van der Waals surface area (Å²) < 4.78 is 0. The molecule has 2 saturated heterocycles. The van der Waals surface area contributed by atoms with Gasteiger partial charge >= 0.3 is 0 Å². The average Bonchev–Trinajstić information content (AvgIpc) is 3.01. The van der Waals surface area contributed by atoms with E-state index in [0.717, 1.165) is 56.4 Å². The maximum Gasteiger partial charge on any atom is 0.254 e. The highest BCUT2D eigenvalue weighted by atomic mass is 16.2. The van der Waals surface area contributed by atoms with Crippen molar-refractivity contribution in [2.75, 3.05) is 19.6 Å². The monoisotopic (exact) mass is 342 g/mol. The van der Waals surface area contributed by atoms with Gasteiger partial charge in [-0.25, -0.2) is 0 Å². The molecule has 2 amide bonds. The normalized spacial score (nSPS) is 21.1. The van der Waals surface area contributed by atoms with Crippen LogP contribution in [-0.2, 0) is 4.79 Å². The molecule has 1 aromatic rings. The highest BCUT2D eigenvalue weighted by Gasteiger charge is 2.30. The molecule has 2 aliphatic rings. The van der Waals surface area contributed by atoms with Crippen LogP contribution in [0.5, 0.6) is 0 Å². The number of hydrogen-bond donors (Lipinski definition) is 0. The van der Waals surface area contributed by atoms with Crippen LogP contribution in [0.25, 0.3) is 0 Å². The summed E-state index contributed by atoms with van der Waals surface area (Å²) >= 11 is 0. The number of hydrogen-bond acceptors (Lipinski definition) is 2. The Hall–Kier alpha value is -1.84. The molecular formula is C21H30N2O2. The molecular weight excluding hydrogens is 312 g/mol. The van der Waals surface area contributed by atoms with Gasteiger partial charge in [-0.3, -0.25) is 9.59 Å². The van der Waals surface area contributed by atoms with Crippen LogP contribution < -0.4 is 0 Å².